The summed E-state index contributed by atoms with van der Waals surface area (Å²) in [4.78, 5) is 24.9. The summed E-state index contributed by atoms with van der Waals surface area (Å²) in [5, 5.41) is -0.0236. The zero-order valence-corrected chi connectivity index (χ0v) is 10.4. The Hall–Kier alpha value is -2.01. The average Bonchev–Trinajstić information content (AvgIpc) is 2.36. The highest BCUT2D eigenvalue weighted by atomic mass is 35.5. The highest BCUT2D eigenvalue weighted by Crippen LogP contribution is 2.17. The van der Waals surface area contributed by atoms with Crippen molar-refractivity contribution in [3.63, 3.8) is 0 Å². The predicted molar refractivity (Wildman–Crippen MR) is 68.4 cm³/mol. The van der Waals surface area contributed by atoms with Gasteiger partial charge in [0.15, 0.2) is 0 Å². The van der Waals surface area contributed by atoms with E-state index in [4.69, 9.17) is 16.3 Å². The molecule has 1 aromatic heterocycles. The average molecular weight is 267 g/mol. The number of para-hydroxylation sites is 1. The molecule has 0 amide bonds. The van der Waals surface area contributed by atoms with Crippen molar-refractivity contribution >= 4 is 11.6 Å². The highest BCUT2D eigenvalue weighted by molar-refractivity contribution is 6.30. The number of ether oxygens (including phenoxy) is 1. The molecule has 0 saturated heterocycles. The van der Waals surface area contributed by atoms with Crippen molar-refractivity contribution in [2.75, 3.05) is 7.11 Å². The molecule has 2 rings (SSSR count). The summed E-state index contributed by atoms with van der Waals surface area (Å²) >= 11 is 5.69. The minimum atomic E-state index is -0.585. The Labute approximate surface area is 108 Å². The van der Waals surface area contributed by atoms with E-state index in [1.54, 1.807) is 13.2 Å². The molecule has 0 aliphatic carbocycles. The molecule has 1 N–H and O–H groups in total. The first-order valence-electron chi connectivity index (χ1n) is 5.23. The molecular formula is C12H11ClN2O3. The van der Waals surface area contributed by atoms with E-state index in [0.29, 0.717) is 5.75 Å². The highest BCUT2D eigenvalue weighted by Gasteiger charge is 2.06. The Balaban J connectivity index is 2.43. The van der Waals surface area contributed by atoms with Gasteiger partial charge in [-0.05, 0) is 6.07 Å². The van der Waals surface area contributed by atoms with Crippen molar-refractivity contribution in [2.45, 2.75) is 6.54 Å². The summed E-state index contributed by atoms with van der Waals surface area (Å²) in [6, 6.07) is 7.32. The maximum atomic E-state index is 11.6. The van der Waals surface area contributed by atoms with Crippen LogP contribution in [0.15, 0.2) is 40.1 Å². The van der Waals surface area contributed by atoms with Gasteiger partial charge in [0.25, 0.3) is 5.56 Å². The Morgan fingerprint density at radius 1 is 1.33 bits per heavy atom. The van der Waals surface area contributed by atoms with Crippen LogP contribution in [0, 0.1) is 0 Å². The molecular weight excluding hydrogens is 256 g/mol. The molecule has 5 nitrogen and oxygen atoms in total. The summed E-state index contributed by atoms with van der Waals surface area (Å²) in [6.07, 6.45) is 1.31. The van der Waals surface area contributed by atoms with E-state index in [0.717, 1.165) is 5.56 Å². The van der Waals surface area contributed by atoms with E-state index < -0.39 is 11.2 Å². The zero-order chi connectivity index (χ0) is 13.1. The summed E-state index contributed by atoms with van der Waals surface area (Å²) in [6.45, 7) is 0.277. The van der Waals surface area contributed by atoms with Crippen LogP contribution in [0.4, 0.5) is 0 Å². The summed E-state index contributed by atoms with van der Waals surface area (Å²) in [5.41, 5.74) is -0.265. The Bertz CT molecular complexity index is 676. The molecule has 1 aromatic carbocycles. The fraction of sp³-hybridized carbons (Fsp3) is 0.167. The maximum absolute atomic E-state index is 11.6. The van der Waals surface area contributed by atoms with Crippen LogP contribution in [0.1, 0.15) is 5.56 Å². The van der Waals surface area contributed by atoms with Gasteiger partial charge in [0.2, 0.25) is 0 Å². The van der Waals surface area contributed by atoms with Gasteiger partial charge in [-0.15, -0.1) is 0 Å². The van der Waals surface area contributed by atoms with E-state index in [1.165, 1.54) is 10.8 Å². The maximum Gasteiger partial charge on any atom is 0.328 e. The van der Waals surface area contributed by atoms with Crippen LogP contribution in [0.25, 0.3) is 0 Å². The number of methoxy groups -OCH3 is 1. The number of benzene rings is 1. The van der Waals surface area contributed by atoms with Crippen molar-refractivity contribution in [1.82, 2.24) is 9.55 Å². The van der Waals surface area contributed by atoms with Crippen LogP contribution in [0.2, 0.25) is 5.02 Å². The number of aromatic nitrogens is 2. The third-order valence-electron chi connectivity index (χ3n) is 2.50. The van der Waals surface area contributed by atoms with E-state index in [9.17, 15) is 9.59 Å². The lowest BCUT2D eigenvalue weighted by molar-refractivity contribution is 0.408. The topological polar surface area (TPSA) is 64.1 Å². The molecule has 0 spiro atoms. The Kier molecular flexibility index (Phi) is 3.53. The van der Waals surface area contributed by atoms with E-state index in [-0.39, 0.29) is 11.6 Å². The smallest absolute Gasteiger partial charge is 0.328 e. The van der Waals surface area contributed by atoms with E-state index in [2.05, 4.69) is 4.98 Å². The van der Waals surface area contributed by atoms with Gasteiger partial charge in [0.05, 0.1) is 13.7 Å². The molecule has 0 aliphatic rings. The molecule has 18 heavy (non-hydrogen) atoms. The number of halogens is 1. The predicted octanol–water partition coefficient (Wildman–Crippen LogP) is 1.25. The molecule has 6 heteroatoms. The molecule has 1 heterocycles. The van der Waals surface area contributed by atoms with Crippen LogP contribution in [0.5, 0.6) is 5.75 Å². The third kappa shape index (κ3) is 2.46. The lowest BCUT2D eigenvalue weighted by Crippen LogP contribution is -2.30. The monoisotopic (exact) mass is 266 g/mol. The number of H-pyrrole nitrogens is 1. The molecule has 0 atom stereocenters. The molecule has 0 fully saturated rings. The lowest BCUT2D eigenvalue weighted by Gasteiger charge is -2.09. The fourth-order valence-electron chi connectivity index (χ4n) is 1.62. The van der Waals surface area contributed by atoms with Gasteiger partial charge < -0.3 is 4.74 Å². The molecule has 0 bridgehead atoms. The Morgan fingerprint density at radius 3 is 2.78 bits per heavy atom. The quantitative estimate of drug-likeness (QED) is 0.909. The largest absolute Gasteiger partial charge is 0.496 e. The van der Waals surface area contributed by atoms with Gasteiger partial charge >= 0.3 is 5.69 Å². The zero-order valence-electron chi connectivity index (χ0n) is 9.64. The van der Waals surface area contributed by atoms with Crippen molar-refractivity contribution in [3.05, 3.63) is 61.9 Å². The second-order valence-electron chi connectivity index (χ2n) is 3.68. The van der Waals surface area contributed by atoms with Crippen LogP contribution < -0.4 is 16.0 Å². The molecule has 0 radical (unpaired) electrons. The number of nitrogens with one attached hydrogen (secondary N) is 1. The first-order chi connectivity index (χ1) is 8.61. The summed E-state index contributed by atoms with van der Waals surface area (Å²) in [5.74, 6) is 0.673. The second kappa shape index (κ2) is 5.10. The van der Waals surface area contributed by atoms with Gasteiger partial charge in [0, 0.05) is 11.8 Å². The van der Waals surface area contributed by atoms with E-state index >= 15 is 0 Å². The van der Waals surface area contributed by atoms with Gasteiger partial charge in [0.1, 0.15) is 10.8 Å². The second-order valence-corrected chi connectivity index (χ2v) is 4.08. The van der Waals surface area contributed by atoms with Gasteiger partial charge in [-0.3, -0.25) is 14.3 Å². The summed E-state index contributed by atoms with van der Waals surface area (Å²) in [7, 11) is 1.56. The first kappa shape index (κ1) is 12.4. The summed E-state index contributed by atoms with van der Waals surface area (Å²) < 4.78 is 6.51. The minimum absolute atomic E-state index is 0.0236. The van der Waals surface area contributed by atoms with E-state index in [1.807, 2.05) is 18.2 Å². The minimum Gasteiger partial charge on any atom is -0.496 e. The first-order valence-corrected chi connectivity index (χ1v) is 5.61. The van der Waals surface area contributed by atoms with Gasteiger partial charge in [-0.25, -0.2) is 4.79 Å². The van der Waals surface area contributed by atoms with Crippen molar-refractivity contribution in [1.29, 1.82) is 0 Å². The number of rotatable bonds is 3. The van der Waals surface area contributed by atoms with Crippen molar-refractivity contribution in [2.24, 2.45) is 0 Å². The van der Waals surface area contributed by atoms with Gasteiger partial charge in [-0.2, -0.15) is 0 Å². The molecule has 2 aromatic rings. The van der Waals surface area contributed by atoms with Crippen LogP contribution in [-0.4, -0.2) is 16.7 Å². The lowest BCUT2D eigenvalue weighted by atomic mass is 10.2. The number of hydrogen-bond acceptors (Lipinski definition) is 3. The normalized spacial score (nSPS) is 10.3. The van der Waals surface area contributed by atoms with Crippen LogP contribution >= 0.6 is 11.6 Å². The van der Waals surface area contributed by atoms with Gasteiger partial charge in [-0.1, -0.05) is 29.8 Å². The number of nitrogens with zero attached hydrogens (tertiary/aromatic N) is 1. The van der Waals surface area contributed by atoms with Crippen LogP contribution in [-0.2, 0) is 6.54 Å². The molecule has 0 saturated carbocycles. The molecule has 94 valence electrons. The van der Waals surface area contributed by atoms with Crippen LogP contribution in [0.3, 0.4) is 0 Å². The van der Waals surface area contributed by atoms with Crippen molar-refractivity contribution in [3.8, 4) is 5.75 Å². The fourth-order valence-corrected chi connectivity index (χ4v) is 1.78. The standard InChI is InChI=1S/C12H11ClN2O3/c1-18-10-5-3-2-4-8(10)6-15-7-9(13)11(16)14-12(15)17/h2-5,7H,6H2,1H3,(H,14,16,17). The number of hydrogen-bond donors (Lipinski definition) is 1. The SMILES string of the molecule is COc1ccccc1Cn1cc(Cl)c(=O)[nH]c1=O. The molecule has 0 aliphatic heterocycles. The third-order valence-corrected chi connectivity index (χ3v) is 2.77. The van der Waals surface area contributed by atoms with Crippen molar-refractivity contribution < 1.29 is 4.74 Å². The number of aromatic amines is 1. The Morgan fingerprint density at radius 2 is 2.06 bits per heavy atom. The molecule has 0 unspecified atom stereocenters.